The SMILES string of the molecule is O=C(O)/C=C/c1ccc(-c2ccc(OCCCCO)c(C34CC=C5C(CC5C3)C4)c2)cc1. The molecule has 5 aliphatic rings. The van der Waals surface area contributed by atoms with Gasteiger partial charge < -0.3 is 14.9 Å². The van der Waals surface area contributed by atoms with E-state index in [-0.39, 0.29) is 12.0 Å². The van der Waals surface area contributed by atoms with Gasteiger partial charge in [-0.1, -0.05) is 42.0 Å². The number of carboxylic acids is 1. The molecule has 2 aromatic carbocycles. The third-order valence-corrected chi connectivity index (χ3v) is 7.54. The average Bonchev–Trinajstić information content (AvgIpc) is 2.81. The van der Waals surface area contributed by atoms with Crippen LogP contribution in [0.3, 0.4) is 0 Å². The first-order valence-electron chi connectivity index (χ1n) is 11.7. The van der Waals surface area contributed by atoms with Crippen LogP contribution in [0, 0.1) is 11.8 Å². The number of aliphatic hydroxyl groups is 1. The fraction of sp³-hybridized carbons (Fsp3) is 0.393. The van der Waals surface area contributed by atoms with Crippen molar-refractivity contribution in [1.29, 1.82) is 0 Å². The Balaban J connectivity index is 1.46. The van der Waals surface area contributed by atoms with E-state index in [4.69, 9.17) is 14.9 Å². The maximum Gasteiger partial charge on any atom is 0.328 e. The van der Waals surface area contributed by atoms with Crippen LogP contribution in [0.1, 0.15) is 49.7 Å². The lowest BCUT2D eigenvalue weighted by Crippen LogP contribution is -2.49. The van der Waals surface area contributed by atoms with E-state index in [0.29, 0.717) is 6.61 Å². The number of aliphatic hydroxyl groups excluding tert-OH is 1. The summed E-state index contributed by atoms with van der Waals surface area (Å²) in [5, 5.41) is 17.9. The molecule has 166 valence electrons. The van der Waals surface area contributed by atoms with E-state index in [9.17, 15) is 4.79 Å². The summed E-state index contributed by atoms with van der Waals surface area (Å²) in [6.07, 6.45) is 11.8. The van der Waals surface area contributed by atoms with Crippen LogP contribution in [0.4, 0.5) is 0 Å². The number of ether oxygens (including phenoxy) is 1. The Morgan fingerprint density at radius 1 is 1.06 bits per heavy atom. The largest absolute Gasteiger partial charge is 0.493 e. The monoisotopic (exact) mass is 430 g/mol. The van der Waals surface area contributed by atoms with Crippen LogP contribution in [0.2, 0.25) is 0 Å². The fourth-order valence-corrected chi connectivity index (χ4v) is 5.96. The van der Waals surface area contributed by atoms with Gasteiger partial charge in [0.25, 0.3) is 0 Å². The molecule has 0 radical (unpaired) electrons. The molecule has 3 fully saturated rings. The number of fused-ring (bicyclic) bond motifs is 1. The molecule has 0 heterocycles. The summed E-state index contributed by atoms with van der Waals surface area (Å²) in [7, 11) is 0. The van der Waals surface area contributed by atoms with Crippen molar-refractivity contribution < 1.29 is 19.7 Å². The Labute approximate surface area is 189 Å². The highest BCUT2D eigenvalue weighted by atomic mass is 16.5. The Bertz CT molecular complexity index is 1050. The number of unbranched alkanes of at least 4 members (excludes halogenated alkanes) is 1. The summed E-state index contributed by atoms with van der Waals surface area (Å²) in [6, 6.07) is 14.6. The Morgan fingerprint density at radius 3 is 2.50 bits per heavy atom. The zero-order valence-corrected chi connectivity index (χ0v) is 18.3. The van der Waals surface area contributed by atoms with E-state index in [1.165, 1.54) is 30.4 Å². The second-order valence-corrected chi connectivity index (χ2v) is 9.51. The highest BCUT2D eigenvalue weighted by molar-refractivity contribution is 5.85. The van der Waals surface area contributed by atoms with Crippen LogP contribution in [0.15, 0.2) is 60.2 Å². The number of benzene rings is 2. The van der Waals surface area contributed by atoms with Crippen molar-refractivity contribution in [2.45, 2.75) is 43.9 Å². The van der Waals surface area contributed by atoms with E-state index in [1.807, 2.05) is 12.1 Å². The van der Waals surface area contributed by atoms with Gasteiger partial charge in [-0.2, -0.15) is 0 Å². The Morgan fingerprint density at radius 2 is 1.81 bits per heavy atom. The Kier molecular flexibility index (Phi) is 5.64. The molecular formula is C28H30O4. The standard InChI is InChI=1S/C28H30O4/c29-13-1-2-14-32-26-9-8-21(20-6-3-19(4-7-20)5-10-27(30)31)16-25(26)28-12-11-24-22(17-28)15-23(24)18-28/h3-11,16,22-23,29H,1-2,12-15,17-18H2,(H,30,31)/b10-5+. The van der Waals surface area contributed by atoms with Gasteiger partial charge in [-0.25, -0.2) is 4.79 Å². The number of carboxylic acid groups (broad SMARTS) is 1. The van der Waals surface area contributed by atoms with E-state index < -0.39 is 5.97 Å². The van der Waals surface area contributed by atoms with Gasteiger partial charge >= 0.3 is 5.97 Å². The van der Waals surface area contributed by atoms with Gasteiger partial charge in [0.1, 0.15) is 5.75 Å². The smallest absolute Gasteiger partial charge is 0.328 e. The number of aliphatic carboxylic acids is 1. The fourth-order valence-electron chi connectivity index (χ4n) is 5.96. The first kappa shape index (κ1) is 21.0. The minimum Gasteiger partial charge on any atom is -0.493 e. The van der Waals surface area contributed by atoms with Crippen molar-refractivity contribution in [3.8, 4) is 16.9 Å². The quantitative estimate of drug-likeness (QED) is 0.309. The lowest BCUT2D eigenvalue weighted by Gasteiger charge is -2.58. The zero-order chi connectivity index (χ0) is 22.1. The minimum absolute atomic E-state index is 0.168. The predicted molar refractivity (Wildman–Crippen MR) is 126 cm³/mol. The van der Waals surface area contributed by atoms with Crippen LogP contribution >= 0.6 is 0 Å². The molecule has 4 heteroatoms. The van der Waals surface area contributed by atoms with Crippen molar-refractivity contribution in [2.24, 2.45) is 11.8 Å². The molecule has 2 atom stereocenters. The first-order valence-corrected chi connectivity index (χ1v) is 11.7. The van der Waals surface area contributed by atoms with Gasteiger partial charge in [0.15, 0.2) is 0 Å². The van der Waals surface area contributed by atoms with Crippen molar-refractivity contribution in [3.63, 3.8) is 0 Å². The Hall–Kier alpha value is -2.85. The molecule has 3 saturated carbocycles. The number of hydrogen-bond acceptors (Lipinski definition) is 3. The van der Waals surface area contributed by atoms with Crippen LogP contribution in [-0.4, -0.2) is 29.4 Å². The highest BCUT2D eigenvalue weighted by Gasteiger charge is 2.54. The molecule has 0 aliphatic heterocycles. The molecule has 4 nitrogen and oxygen atoms in total. The summed E-state index contributed by atoms with van der Waals surface area (Å²) < 4.78 is 6.25. The highest BCUT2D eigenvalue weighted by Crippen LogP contribution is 2.64. The summed E-state index contributed by atoms with van der Waals surface area (Å²) in [5.41, 5.74) is 6.37. The van der Waals surface area contributed by atoms with Crippen molar-refractivity contribution >= 4 is 12.0 Å². The summed E-state index contributed by atoms with van der Waals surface area (Å²) in [5.74, 6) is 1.57. The molecule has 0 spiro atoms. The van der Waals surface area contributed by atoms with Gasteiger partial charge in [-0.3, -0.25) is 0 Å². The zero-order valence-electron chi connectivity index (χ0n) is 18.3. The van der Waals surface area contributed by atoms with E-state index in [0.717, 1.165) is 54.1 Å². The summed E-state index contributed by atoms with van der Waals surface area (Å²) in [4.78, 5) is 10.8. The van der Waals surface area contributed by atoms with Crippen molar-refractivity contribution in [2.75, 3.05) is 13.2 Å². The molecular weight excluding hydrogens is 400 g/mol. The maximum atomic E-state index is 10.8. The molecule has 32 heavy (non-hydrogen) atoms. The van der Waals surface area contributed by atoms with Crippen LogP contribution in [0.25, 0.3) is 17.2 Å². The molecule has 2 unspecified atom stereocenters. The second kappa shape index (κ2) is 8.59. The van der Waals surface area contributed by atoms with Gasteiger partial charge in [-0.05, 0) is 85.3 Å². The topological polar surface area (TPSA) is 66.8 Å². The van der Waals surface area contributed by atoms with Crippen molar-refractivity contribution in [3.05, 3.63) is 71.3 Å². The number of allylic oxidation sites excluding steroid dienone is 2. The lowest BCUT2D eigenvalue weighted by atomic mass is 9.46. The van der Waals surface area contributed by atoms with Gasteiger partial charge in [0, 0.05) is 23.7 Å². The normalized spacial score (nSPS) is 25.5. The molecule has 2 N–H and O–H groups in total. The van der Waals surface area contributed by atoms with Crippen LogP contribution in [-0.2, 0) is 10.2 Å². The number of rotatable bonds is 9. The van der Waals surface area contributed by atoms with E-state index in [1.54, 1.807) is 11.6 Å². The van der Waals surface area contributed by atoms with Gasteiger partial charge in [0.2, 0.25) is 0 Å². The van der Waals surface area contributed by atoms with Crippen LogP contribution in [0.5, 0.6) is 5.75 Å². The third-order valence-electron chi connectivity index (χ3n) is 7.54. The molecule has 7 rings (SSSR count). The average molecular weight is 431 g/mol. The van der Waals surface area contributed by atoms with Crippen molar-refractivity contribution in [1.82, 2.24) is 0 Å². The number of carbonyl (C=O) groups is 1. The summed E-state index contributed by atoms with van der Waals surface area (Å²) >= 11 is 0. The molecule has 0 amide bonds. The minimum atomic E-state index is -0.942. The van der Waals surface area contributed by atoms with Gasteiger partial charge in [-0.15, -0.1) is 0 Å². The lowest BCUT2D eigenvalue weighted by molar-refractivity contribution is -0.131. The molecule has 0 aromatic heterocycles. The molecule has 0 saturated heterocycles. The predicted octanol–water partition coefficient (Wildman–Crippen LogP) is 5.60. The van der Waals surface area contributed by atoms with Gasteiger partial charge in [0.05, 0.1) is 6.61 Å². The van der Waals surface area contributed by atoms with Crippen LogP contribution < -0.4 is 4.74 Å². The molecule has 4 bridgehead atoms. The number of hydrogen-bond donors (Lipinski definition) is 2. The first-order chi connectivity index (χ1) is 15.6. The molecule has 2 aromatic rings. The maximum absolute atomic E-state index is 10.8. The molecule has 5 aliphatic carbocycles. The van der Waals surface area contributed by atoms with E-state index in [2.05, 4.69) is 36.4 Å². The second-order valence-electron chi connectivity index (χ2n) is 9.51. The van der Waals surface area contributed by atoms with E-state index >= 15 is 0 Å². The third kappa shape index (κ3) is 3.88. The summed E-state index contributed by atoms with van der Waals surface area (Å²) in [6.45, 7) is 0.829.